The molecule has 0 N–H and O–H groups in total. The summed E-state index contributed by atoms with van der Waals surface area (Å²) in [5.74, 6) is 0.000527. The molecule has 3 aromatic rings. The highest BCUT2D eigenvalue weighted by atomic mass is 32.1. The number of aryl methyl sites for hydroxylation is 1. The van der Waals surface area contributed by atoms with Gasteiger partial charge in [-0.05, 0) is 30.7 Å². The number of amides is 1. The van der Waals surface area contributed by atoms with Crippen LogP contribution in [-0.2, 0) is 4.74 Å². The van der Waals surface area contributed by atoms with E-state index in [2.05, 4.69) is 24.0 Å². The van der Waals surface area contributed by atoms with Crippen molar-refractivity contribution in [2.45, 2.75) is 6.92 Å². The molecule has 0 unspecified atom stereocenters. The van der Waals surface area contributed by atoms with Crippen LogP contribution in [0, 0.1) is 6.92 Å². The Hall–Kier alpha value is -2.28. The predicted molar refractivity (Wildman–Crippen MR) is 110 cm³/mol. The molecule has 1 amide bonds. The predicted octanol–water partition coefficient (Wildman–Crippen LogP) is 3.58. The molecule has 0 atom stereocenters. The van der Waals surface area contributed by atoms with Crippen LogP contribution in [0.1, 0.15) is 15.9 Å². The van der Waals surface area contributed by atoms with Crippen LogP contribution < -0.4 is 4.90 Å². The van der Waals surface area contributed by atoms with Gasteiger partial charge < -0.3 is 4.74 Å². The second kappa shape index (κ2) is 8.17. The molecular formula is C21H23N3O2S. The first kappa shape index (κ1) is 18.1. The lowest BCUT2D eigenvalue weighted by atomic mass is 10.2. The van der Waals surface area contributed by atoms with Crippen molar-refractivity contribution in [1.82, 2.24) is 9.88 Å². The number of benzene rings is 2. The number of aromatic nitrogens is 1. The first-order chi connectivity index (χ1) is 13.2. The van der Waals surface area contributed by atoms with Gasteiger partial charge in [0.2, 0.25) is 0 Å². The number of hydrogen-bond acceptors (Lipinski definition) is 5. The zero-order chi connectivity index (χ0) is 18.6. The number of morpholine rings is 1. The summed E-state index contributed by atoms with van der Waals surface area (Å²) in [4.78, 5) is 22.2. The van der Waals surface area contributed by atoms with Gasteiger partial charge >= 0.3 is 0 Å². The number of para-hydroxylation sites is 1. The number of rotatable bonds is 5. The van der Waals surface area contributed by atoms with E-state index < -0.39 is 0 Å². The van der Waals surface area contributed by atoms with Crippen molar-refractivity contribution in [3.8, 4) is 0 Å². The van der Waals surface area contributed by atoms with E-state index in [9.17, 15) is 4.79 Å². The summed E-state index contributed by atoms with van der Waals surface area (Å²) in [5.41, 5.74) is 2.81. The lowest BCUT2D eigenvalue weighted by Gasteiger charge is -2.29. The van der Waals surface area contributed by atoms with Crippen molar-refractivity contribution in [2.24, 2.45) is 0 Å². The lowest BCUT2D eigenvalue weighted by molar-refractivity contribution is 0.0391. The summed E-state index contributed by atoms with van der Waals surface area (Å²) in [6, 6.07) is 15.6. The molecule has 0 saturated carbocycles. The molecule has 1 aromatic heterocycles. The SMILES string of the molecule is Cc1cccc2sc(N(CCN3CCOCC3)C(=O)c3ccccc3)nc12. The Morgan fingerprint density at radius 1 is 1.15 bits per heavy atom. The number of thiazole rings is 1. The monoisotopic (exact) mass is 381 g/mol. The Balaban J connectivity index is 1.63. The van der Waals surface area contributed by atoms with E-state index in [-0.39, 0.29) is 5.91 Å². The van der Waals surface area contributed by atoms with Gasteiger partial charge in [0.15, 0.2) is 5.13 Å². The average molecular weight is 382 g/mol. The number of ether oxygens (including phenoxy) is 1. The van der Waals surface area contributed by atoms with E-state index in [0.29, 0.717) is 12.1 Å². The Morgan fingerprint density at radius 3 is 2.67 bits per heavy atom. The van der Waals surface area contributed by atoms with Gasteiger partial charge in [-0.2, -0.15) is 0 Å². The summed E-state index contributed by atoms with van der Waals surface area (Å²) in [5, 5.41) is 0.765. The zero-order valence-electron chi connectivity index (χ0n) is 15.4. The summed E-state index contributed by atoms with van der Waals surface area (Å²) in [6.07, 6.45) is 0. The molecule has 0 bridgehead atoms. The third kappa shape index (κ3) is 4.03. The van der Waals surface area contributed by atoms with Gasteiger partial charge in [0.1, 0.15) is 0 Å². The first-order valence-corrected chi connectivity index (χ1v) is 10.1. The molecule has 1 fully saturated rings. The third-order valence-electron chi connectivity index (χ3n) is 4.85. The normalized spacial score (nSPS) is 15.1. The quantitative estimate of drug-likeness (QED) is 0.678. The molecule has 1 aliphatic rings. The molecule has 27 heavy (non-hydrogen) atoms. The van der Waals surface area contributed by atoms with Gasteiger partial charge in [-0.1, -0.05) is 41.7 Å². The Bertz CT molecular complexity index is 920. The number of nitrogens with zero attached hydrogens (tertiary/aromatic N) is 3. The van der Waals surface area contributed by atoms with Gasteiger partial charge in [0.05, 0.1) is 23.4 Å². The van der Waals surface area contributed by atoms with E-state index in [1.54, 1.807) is 11.3 Å². The molecule has 4 rings (SSSR count). The van der Waals surface area contributed by atoms with E-state index in [1.165, 1.54) is 0 Å². The second-order valence-electron chi connectivity index (χ2n) is 6.69. The summed E-state index contributed by atoms with van der Waals surface area (Å²) in [6.45, 7) is 6.82. The van der Waals surface area contributed by atoms with Gasteiger partial charge in [0.25, 0.3) is 5.91 Å². The number of fused-ring (bicyclic) bond motifs is 1. The molecule has 140 valence electrons. The average Bonchev–Trinajstić information content (AvgIpc) is 3.15. The number of hydrogen-bond donors (Lipinski definition) is 0. The lowest BCUT2D eigenvalue weighted by Crippen LogP contribution is -2.43. The fourth-order valence-electron chi connectivity index (χ4n) is 3.28. The summed E-state index contributed by atoms with van der Waals surface area (Å²) < 4.78 is 6.54. The molecular weight excluding hydrogens is 358 g/mol. The highest BCUT2D eigenvalue weighted by Crippen LogP contribution is 2.31. The van der Waals surface area contributed by atoms with E-state index in [1.807, 2.05) is 41.3 Å². The van der Waals surface area contributed by atoms with Crippen LogP contribution in [0.2, 0.25) is 0 Å². The highest BCUT2D eigenvalue weighted by Gasteiger charge is 2.23. The fourth-order valence-corrected chi connectivity index (χ4v) is 4.34. The highest BCUT2D eigenvalue weighted by molar-refractivity contribution is 7.22. The van der Waals surface area contributed by atoms with Crippen molar-refractivity contribution >= 4 is 32.6 Å². The Morgan fingerprint density at radius 2 is 1.93 bits per heavy atom. The number of carbonyl (C=O) groups excluding carboxylic acids is 1. The maximum atomic E-state index is 13.2. The minimum atomic E-state index is 0.000527. The fraction of sp³-hybridized carbons (Fsp3) is 0.333. The van der Waals surface area contributed by atoms with Gasteiger partial charge in [-0.15, -0.1) is 0 Å². The van der Waals surface area contributed by atoms with Crippen LogP contribution in [0.4, 0.5) is 5.13 Å². The zero-order valence-corrected chi connectivity index (χ0v) is 16.2. The van der Waals surface area contributed by atoms with Gasteiger partial charge in [-0.3, -0.25) is 14.6 Å². The number of carbonyl (C=O) groups is 1. The van der Waals surface area contributed by atoms with Crippen LogP contribution >= 0.6 is 11.3 Å². The van der Waals surface area contributed by atoms with Crippen LogP contribution in [-0.4, -0.2) is 55.2 Å². The number of anilines is 1. The van der Waals surface area contributed by atoms with Crippen molar-refractivity contribution in [3.05, 3.63) is 59.7 Å². The maximum absolute atomic E-state index is 13.2. The van der Waals surface area contributed by atoms with Crippen molar-refractivity contribution in [3.63, 3.8) is 0 Å². The molecule has 6 heteroatoms. The summed E-state index contributed by atoms with van der Waals surface area (Å²) in [7, 11) is 0. The van der Waals surface area contributed by atoms with Gasteiger partial charge in [0, 0.05) is 31.7 Å². The Labute approximate surface area is 163 Å². The molecule has 0 spiro atoms. The minimum absolute atomic E-state index is 0.000527. The summed E-state index contributed by atoms with van der Waals surface area (Å²) >= 11 is 1.58. The van der Waals surface area contributed by atoms with E-state index in [4.69, 9.17) is 9.72 Å². The Kier molecular flexibility index (Phi) is 5.48. The molecule has 1 aliphatic heterocycles. The molecule has 1 saturated heterocycles. The smallest absolute Gasteiger partial charge is 0.260 e. The molecule has 2 heterocycles. The molecule has 5 nitrogen and oxygen atoms in total. The van der Waals surface area contributed by atoms with Crippen molar-refractivity contribution in [1.29, 1.82) is 0 Å². The van der Waals surface area contributed by atoms with E-state index in [0.717, 1.165) is 53.8 Å². The standard InChI is InChI=1S/C21H23N3O2S/c1-16-6-5-9-18-19(16)22-21(27-18)24(11-10-23-12-14-26-15-13-23)20(25)17-7-3-2-4-8-17/h2-9H,10-15H2,1H3. The first-order valence-electron chi connectivity index (χ1n) is 9.25. The van der Waals surface area contributed by atoms with Crippen LogP contribution in [0.3, 0.4) is 0 Å². The topological polar surface area (TPSA) is 45.7 Å². The maximum Gasteiger partial charge on any atom is 0.260 e. The second-order valence-corrected chi connectivity index (χ2v) is 7.70. The van der Waals surface area contributed by atoms with Crippen LogP contribution in [0.15, 0.2) is 48.5 Å². The van der Waals surface area contributed by atoms with Crippen LogP contribution in [0.25, 0.3) is 10.2 Å². The van der Waals surface area contributed by atoms with E-state index >= 15 is 0 Å². The largest absolute Gasteiger partial charge is 0.379 e. The van der Waals surface area contributed by atoms with Crippen molar-refractivity contribution < 1.29 is 9.53 Å². The van der Waals surface area contributed by atoms with Crippen molar-refractivity contribution in [2.75, 3.05) is 44.3 Å². The molecule has 2 aromatic carbocycles. The third-order valence-corrected chi connectivity index (χ3v) is 5.89. The van der Waals surface area contributed by atoms with Gasteiger partial charge in [-0.25, -0.2) is 4.98 Å². The molecule has 0 aliphatic carbocycles. The van der Waals surface area contributed by atoms with Crippen LogP contribution in [0.5, 0.6) is 0 Å². The minimum Gasteiger partial charge on any atom is -0.379 e. The molecule has 0 radical (unpaired) electrons.